The van der Waals surface area contributed by atoms with Gasteiger partial charge in [-0.3, -0.25) is 4.79 Å². The van der Waals surface area contributed by atoms with E-state index in [1.54, 1.807) is 44.2 Å². The van der Waals surface area contributed by atoms with Gasteiger partial charge in [0.25, 0.3) is 5.91 Å². The lowest BCUT2D eigenvalue weighted by Crippen LogP contribution is -2.33. The van der Waals surface area contributed by atoms with Crippen LogP contribution >= 0.6 is 11.6 Å². The minimum Gasteiger partial charge on any atom is -0.444 e. The number of ether oxygens (including phenoxy) is 1. The fraction of sp³-hybridized carbons (Fsp3) is 0.316. The van der Waals surface area contributed by atoms with E-state index in [-0.39, 0.29) is 22.7 Å². The molecular formula is C19H19ClN2O3. The first-order valence-corrected chi connectivity index (χ1v) is 8.53. The van der Waals surface area contributed by atoms with E-state index in [9.17, 15) is 9.59 Å². The average molecular weight is 359 g/mol. The largest absolute Gasteiger partial charge is 0.444 e. The first-order chi connectivity index (χ1) is 12.0. The molecule has 0 aliphatic heterocycles. The van der Waals surface area contributed by atoms with Gasteiger partial charge in [-0.1, -0.05) is 41.9 Å². The number of hydrogen-bond acceptors (Lipinski definition) is 4. The molecule has 0 bridgehead atoms. The van der Waals surface area contributed by atoms with Gasteiger partial charge < -0.3 is 10.1 Å². The van der Waals surface area contributed by atoms with E-state index in [1.165, 1.54) is 0 Å². The number of halogens is 1. The topological polar surface area (TPSA) is 68.3 Å². The van der Waals surface area contributed by atoms with E-state index in [1.807, 2.05) is 6.07 Å². The van der Waals surface area contributed by atoms with Crippen LogP contribution in [0.5, 0.6) is 0 Å². The lowest BCUT2D eigenvalue weighted by atomic mass is 10.1. The van der Waals surface area contributed by atoms with E-state index >= 15 is 0 Å². The van der Waals surface area contributed by atoms with Crippen LogP contribution < -0.4 is 5.32 Å². The Balaban J connectivity index is 1.87. The van der Waals surface area contributed by atoms with Crippen LogP contribution in [0.3, 0.4) is 0 Å². The van der Waals surface area contributed by atoms with Gasteiger partial charge in [-0.05, 0) is 38.3 Å². The Labute approximate surface area is 151 Å². The molecule has 1 aromatic heterocycles. The van der Waals surface area contributed by atoms with Gasteiger partial charge in [0.1, 0.15) is 5.15 Å². The van der Waals surface area contributed by atoms with Crippen molar-refractivity contribution >= 4 is 23.5 Å². The van der Waals surface area contributed by atoms with Gasteiger partial charge in [0, 0.05) is 17.3 Å². The highest BCUT2D eigenvalue weighted by atomic mass is 35.5. The van der Waals surface area contributed by atoms with E-state index in [0.29, 0.717) is 16.8 Å². The molecule has 6 heteroatoms. The van der Waals surface area contributed by atoms with Crippen molar-refractivity contribution < 1.29 is 14.3 Å². The van der Waals surface area contributed by atoms with Crippen molar-refractivity contribution in [1.29, 1.82) is 0 Å². The van der Waals surface area contributed by atoms with Crippen molar-refractivity contribution in [2.24, 2.45) is 0 Å². The quantitative estimate of drug-likeness (QED) is 0.655. The van der Waals surface area contributed by atoms with Crippen LogP contribution in [0.15, 0.2) is 36.4 Å². The number of nitrogens with one attached hydrogen (secondary N) is 1. The zero-order valence-electron chi connectivity index (χ0n) is 14.1. The Bertz CT molecular complexity index is 781. The Kier molecular flexibility index (Phi) is 5.04. The summed E-state index contributed by atoms with van der Waals surface area (Å²) in [5.41, 5.74) is 2.18. The Morgan fingerprint density at radius 1 is 1.24 bits per heavy atom. The van der Waals surface area contributed by atoms with Gasteiger partial charge in [0.2, 0.25) is 6.10 Å². The number of aryl methyl sites for hydroxylation is 2. The van der Waals surface area contributed by atoms with Gasteiger partial charge >= 0.3 is 5.97 Å². The number of carbonyl (C=O) groups is 2. The van der Waals surface area contributed by atoms with Crippen LogP contribution in [-0.4, -0.2) is 22.9 Å². The number of pyridine rings is 1. The van der Waals surface area contributed by atoms with Crippen LogP contribution in [0.1, 0.15) is 46.1 Å². The summed E-state index contributed by atoms with van der Waals surface area (Å²) in [5.74, 6) is -0.981. The summed E-state index contributed by atoms with van der Waals surface area (Å²) in [6.45, 7) is 3.56. The number of benzene rings is 1. The fourth-order valence-electron chi connectivity index (χ4n) is 2.61. The Morgan fingerprint density at radius 2 is 1.92 bits per heavy atom. The molecular weight excluding hydrogens is 340 g/mol. The number of carbonyl (C=O) groups excluding carboxylic acids is 2. The molecule has 1 aliphatic carbocycles. The smallest absolute Gasteiger partial charge is 0.342 e. The molecule has 0 unspecified atom stereocenters. The highest BCUT2D eigenvalue weighted by Crippen LogP contribution is 2.26. The van der Waals surface area contributed by atoms with E-state index in [0.717, 1.165) is 12.8 Å². The molecule has 3 rings (SSSR count). The molecule has 2 aromatic rings. The van der Waals surface area contributed by atoms with Gasteiger partial charge in [0.15, 0.2) is 0 Å². The summed E-state index contributed by atoms with van der Waals surface area (Å²) < 4.78 is 5.54. The van der Waals surface area contributed by atoms with Crippen LogP contribution in [0.2, 0.25) is 5.15 Å². The zero-order valence-corrected chi connectivity index (χ0v) is 14.8. The highest BCUT2D eigenvalue weighted by Gasteiger charge is 2.32. The summed E-state index contributed by atoms with van der Waals surface area (Å²) in [6, 6.07) is 10.9. The molecule has 1 aliphatic rings. The van der Waals surface area contributed by atoms with E-state index in [4.69, 9.17) is 16.3 Å². The molecule has 1 N–H and O–H groups in total. The molecule has 0 radical (unpaired) electrons. The predicted molar refractivity (Wildman–Crippen MR) is 94.5 cm³/mol. The first kappa shape index (κ1) is 17.4. The summed E-state index contributed by atoms with van der Waals surface area (Å²) >= 11 is 6.12. The molecule has 1 aromatic carbocycles. The van der Waals surface area contributed by atoms with Gasteiger partial charge in [-0.2, -0.15) is 0 Å². The van der Waals surface area contributed by atoms with Crippen LogP contribution in [-0.2, 0) is 9.53 Å². The summed E-state index contributed by atoms with van der Waals surface area (Å²) in [7, 11) is 0. The molecule has 1 amide bonds. The number of aromatic nitrogens is 1. The van der Waals surface area contributed by atoms with Crippen LogP contribution in [0.25, 0.3) is 0 Å². The summed E-state index contributed by atoms with van der Waals surface area (Å²) in [4.78, 5) is 29.3. The number of nitrogens with zero attached hydrogens (tertiary/aromatic N) is 1. The van der Waals surface area contributed by atoms with Gasteiger partial charge in [-0.15, -0.1) is 0 Å². The van der Waals surface area contributed by atoms with Crippen LogP contribution in [0.4, 0.5) is 0 Å². The number of rotatable bonds is 5. The maximum Gasteiger partial charge on any atom is 0.342 e. The SMILES string of the molecule is Cc1cc(C)c(C(=O)O[C@H](C(=O)NC2CC2)c2ccccc2)c(Cl)n1. The van der Waals surface area contributed by atoms with E-state index < -0.39 is 12.1 Å². The number of hydrogen-bond donors (Lipinski definition) is 1. The third kappa shape index (κ3) is 4.17. The number of esters is 1. The van der Waals surface area contributed by atoms with E-state index in [2.05, 4.69) is 10.3 Å². The van der Waals surface area contributed by atoms with Crippen molar-refractivity contribution in [3.8, 4) is 0 Å². The second kappa shape index (κ2) is 7.23. The summed E-state index contributed by atoms with van der Waals surface area (Å²) in [6.07, 6.45) is 0.883. The third-order valence-electron chi connectivity index (χ3n) is 3.99. The Morgan fingerprint density at radius 3 is 2.52 bits per heavy atom. The molecule has 1 atom stereocenters. The zero-order chi connectivity index (χ0) is 18.0. The minimum absolute atomic E-state index is 0.0805. The molecule has 1 fully saturated rings. The van der Waals surface area contributed by atoms with Gasteiger partial charge in [0.05, 0.1) is 5.56 Å². The summed E-state index contributed by atoms with van der Waals surface area (Å²) in [5, 5.41) is 2.96. The van der Waals surface area contributed by atoms with Crippen molar-refractivity contribution in [2.75, 3.05) is 0 Å². The lowest BCUT2D eigenvalue weighted by molar-refractivity contribution is -0.130. The van der Waals surface area contributed by atoms with Crippen molar-refractivity contribution in [1.82, 2.24) is 10.3 Å². The fourth-order valence-corrected chi connectivity index (χ4v) is 2.97. The maximum absolute atomic E-state index is 12.7. The Hall–Kier alpha value is -2.40. The first-order valence-electron chi connectivity index (χ1n) is 8.15. The predicted octanol–water partition coefficient (Wildman–Crippen LogP) is 3.53. The average Bonchev–Trinajstić information content (AvgIpc) is 3.36. The number of amides is 1. The van der Waals surface area contributed by atoms with Crippen molar-refractivity contribution in [2.45, 2.75) is 38.8 Å². The molecule has 0 saturated heterocycles. The van der Waals surface area contributed by atoms with Crippen LogP contribution in [0, 0.1) is 13.8 Å². The normalized spacial score (nSPS) is 14.7. The standard InChI is InChI=1S/C19H19ClN2O3/c1-11-10-12(2)21-17(20)15(11)19(24)25-16(13-6-4-3-5-7-13)18(23)22-14-8-9-14/h3-7,10,14,16H,8-9H2,1-2H3,(H,22,23)/t16-/m0/s1. The third-order valence-corrected chi connectivity index (χ3v) is 4.27. The molecule has 25 heavy (non-hydrogen) atoms. The highest BCUT2D eigenvalue weighted by molar-refractivity contribution is 6.32. The monoisotopic (exact) mass is 358 g/mol. The molecule has 1 heterocycles. The second-order valence-electron chi connectivity index (χ2n) is 6.23. The molecule has 5 nitrogen and oxygen atoms in total. The maximum atomic E-state index is 12.7. The van der Waals surface area contributed by atoms with Gasteiger partial charge in [-0.25, -0.2) is 9.78 Å². The molecule has 0 spiro atoms. The molecule has 130 valence electrons. The molecule has 1 saturated carbocycles. The van der Waals surface area contributed by atoms with Crippen molar-refractivity contribution in [3.05, 3.63) is 63.9 Å². The van der Waals surface area contributed by atoms with Crippen molar-refractivity contribution in [3.63, 3.8) is 0 Å². The minimum atomic E-state index is -1.02. The second-order valence-corrected chi connectivity index (χ2v) is 6.58. The lowest BCUT2D eigenvalue weighted by Gasteiger charge is -2.19.